The van der Waals surface area contributed by atoms with Gasteiger partial charge in [0.1, 0.15) is 0 Å². The molecule has 0 amide bonds. The summed E-state index contributed by atoms with van der Waals surface area (Å²) in [6, 6.07) is 0.350. The molecule has 0 aromatic heterocycles. The molecule has 0 spiro atoms. The van der Waals surface area contributed by atoms with Gasteiger partial charge < -0.3 is 5.73 Å². The summed E-state index contributed by atoms with van der Waals surface area (Å²) in [4.78, 5) is 0. The number of rotatable bonds is 3. The first-order valence-electron chi connectivity index (χ1n) is 4.33. The van der Waals surface area contributed by atoms with Crippen LogP contribution in [0, 0.1) is 11.3 Å². The molecular formula is C10H19N. The standard InChI is InChI=1S/C10H19N/c1-7(2)5-9(11)8-6-10(8,3)4/h8-9H,1,5-6,11H2,2-4H3. The highest BCUT2D eigenvalue weighted by atomic mass is 14.7. The Hall–Kier alpha value is -0.300. The lowest BCUT2D eigenvalue weighted by Gasteiger charge is -2.12. The van der Waals surface area contributed by atoms with Gasteiger partial charge in [-0.3, -0.25) is 0 Å². The van der Waals surface area contributed by atoms with Crippen molar-refractivity contribution >= 4 is 0 Å². The first kappa shape index (κ1) is 8.79. The molecule has 1 heteroatoms. The summed E-state index contributed by atoms with van der Waals surface area (Å²) in [6.07, 6.45) is 2.29. The van der Waals surface area contributed by atoms with E-state index in [0.717, 1.165) is 12.3 Å². The van der Waals surface area contributed by atoms with Crippen LogP contribution >= 0.6 is 0 Å². The van der Waals surface area contributed by atoms with E-state index in [1.807, 2.05) is 0 Å². The molecule has 0 aliphatic heterocycles. The predicted molar refractivity (Wildman–Crippen MR) is 49.3 cm³/mol. The van der Waals surface area contributed by atoms with E-state index in [2.05, 4.69) is 27.4 Å². The third-order valence-corrected chi connectivity index (χ3v) is 2.69. The average Bonchev–Trinajstić information content (AvgIpc) is 2.38. The zero-order valence-electron chi connectivity index (χ0n) is 7.85. The zero-order valence-corrected chi connectivity index (χ0v) is 7.85. The summed E-state index contributed by atoms with van der Waals surface area (Å²) in [5.41, 5.74) is 7.71. The molecule has 2 N–H and O–H groups in total. The summed E-state index contributed by atoms with van der Waals surface area (Å²) in [5.74, 6) is 0.735. The fraction of sp³-hybridized carbons (Fsp3) is 0.800. The van der Waals surface area contributed by atoms with E-state index in [4.69, 9.17) is 5.73 Å². The second-order valence-corrected chi connectivity index (χ2v) is 4.62. The molecule has 1 aliphatic rings. The first-order valence-corrected chi connectivity index (χ1v) is 4.33. The van der Waals surface area contributed by atoms with Crippen molar-refractivity contribution in [1.29, 1.82) is 0 Å². The fourth-order valence-corrected chi connectivity index (χ4v) is 1.78. The lowest BCUT2D eigenvalue weighted by atomic mass is 9.99. The molecule has 0 saturated heterocycles. The van der Waals surface area contributed by atoms with Crippen molar-refractivity contribution in [3.05, 3.63) is 12.2 Å². The number of hydrogen-bond donors (Lipinski definition) is 1. The van der Waals surface area contributed by atoms with Crippen molar-refractivity contribution in [3.63, 3.8) is 0 Å². The van der Waals surface area contributed by atoms with Gasteiger partial charge in [0.15, 0.2) is 0 Å². The monoisotopic (exact) mass is 153 g/mol. The summed E-state index contributed by atoms with van der Waals surface area (Å²) in [7, 11) is 0. The molecule has 0 heterocycles. The topological polar surface area (TPSA) is 26.0 Å². The van der Waals surface area contributed by atoms with Crippen molar-refractivity contribution in [1.82, 2.24) is 0 Å². The van der Waals surface area contributed by atoms with E-state index in [0.29, 0.717) is 11.5 Å². The average molecular weight is 153 g/mol. The van der Waals surface area contributed by atoms with Crippen molar-refractivity contribution in [2.24, 2.45) is 17.1 Å². The molecule has 1 nitrogen and oxygen atoms in total. The normalized spacial score (nSPS) is 29.6. The Morgan fingerprint density at radius 1 is 1.73 bits per heavy atom. The summed E-state index contributed by atoms with van der Waals surface area (Å²) >= 11 is 0. The summed E-state index contributed by atoms with van der Waals surface area (Å²) in [6.45, 7) is 10.5. The Labute approximate surface area is 69.7 Å². The molecule has 0 bridgehead atoms. The molecule has 0 radical (unpaired) electrons. The highest BCUT2D eigenvalue weighted by molar-refractivity contribution is 5.05. The number of nitrogens with two attached hydrogens (primary N) is 1. The molecule has 1 saturated carbocycles. The second-order valence-electron chi connectivity index (χ2n) is 4.62. The SMILES string of the molecule is C=C(C)CC(N)C1CC1(C)C. The van der Waals surface area contributed by atoms with Crippen LogP contribution in [0.2, 0.25) is 0 Å². The van der Waals surface area contributed by atoms with Crippen molar-refractivity contribution < 1.29 is 0 Å². The molecule has 64 valence electrons. The van der Waals surface area contributed by atoms with E-state index in [-0.39, 0.29) is 0 Å². The van der Waals surface area contributed by atoms with Crippen LogP contribution in [0.4, 0.5) is 0 Å². The molecule has 0 aromatic rings. The maximum Gasteiger partial charge on any atom is 0.0110 e. The lowest BCUT2D eigenvalue weighted by molar-refractivity contribution is 0.476. The van der Waals surface area contributed by atoms with Crippen LogP contribution < -0.4 is 5.73 Å². The van der Waals surface area contributed by atoms with Crippen molar-refractivity contribution in [2.45, 2.75) is 39.7 Å². The lowest BCUT2D eigenvalue weighted by Crippen LogP contribution is -2.24. The molecule has 1 fully saturated rings. The van der Waals surface area contributed by atoms with E-state index in [1.54, 1.807) is 0 Å². The van der Waals surface area contributed by atoms with Crippen LogP contribution in [-0.4, -0.2) is 6.04 Å². The van der Waals surface area contributed by atoms with Crippen molar-refractivity contribution in [3.8, 4) is 0 Å². The minimum absolute atomic E-state index is 0.350. The zero-order chi connectivity index (χ0) is 8.65. The fourth-order valence-electron chi connectivity index (χ4n) is 1.78. The minimum Gasteiger partial charge on any atom is -0.327 e. The maximum atomic E-state index is 5.99. The van der Waals surface area contributed by atoms with Gasteiger partial charge in [-0.1, -0.05) is 19.4 Å². The van der Waals surface area contributed by atoms with Crippen LogP contribution in [-0.2, 0) is 0 Å². The summed E-state index contributed by atoms with van der Waals surface area (Å²) < 4.78 is 0. The Bertz CT molecular complexity index is 170. The Kier molecular flexibility index (Phi) is 2.10. The van der Waals surface area contributed by atoms with E-state index in [1.165, 1.54) is 12.0 Å². The molecule has 2 unspecified atom stereocenters. The molecule has 11 heavy (non-hydrogen) atoms. The van der Waals surface area contributed by atoms with Gasteiger partial charge in [-0.2, -0.15) is 0 Å². The van der Waals surface area contributed by atoms with E-state index in [9.17, 15) is 0 Å². The highest BCUT2D eigenvalue weighted by Crippen LogP contribution is 2.53. The van der Waals surface area contributed by atoms with Gasteiger partial charge in [-0.15, -0.1) is 6.58 Å². The van der Waals surface area contributed by atoms with Gasteiger partial charge in [0.05, 0.1) is 0 Å². The molecule has 1 aliphatic carbocycles. The van der Waals surface area contributed by atoms with Crippen LogP contribution in [0.15, 0.2) is 12.2 Å². The van der Waals surface area contributed by atoms with Crippen LogP contribution in [0.3, 0.4) is 0 Å². The number of hydrogen-bond acceptors (Lipinski definition) is 1. The molecule has 2 atom stereocenters. The summed E-state index contributed by atoms with van der Waals surface area (Å²) in [5, 5.41) is 0. The van der Waals surface area contributed by atoms with Gasteiger partial charge in [-0.25, -0.2) is 0 Å². The van der Waals surface area contributed by atoms with Crippen LogP contribution in [0.1, 0.15) is 33.6 Å². The van der Waals surface area contributed by atoms with E-state index < -0.39 is 0 Å². The second kappa shape index (κ2) is 2.63. The van der Waals surface area contributed by atoms with Crippen LogP contribution in [0.5, 0.6) is 0 Å². The van der Waals surface area contributed by atoms with Gasteiger partial charge in [0.25, 0.3) is 0 Å². The maximum absolute atomic E-state index is 5.99. The van der Waals surface area contributed by atoms with Gasteiger partial charge in [0.2, 0.25) is 0 Å². The largest absolute Gasteiger partial charge is 0.327 e. The smallest absolute Gasteiger partial charge is 0.0110 e. The van der Waals surface area contributed by atoms with Crippen LogP contribution in [0.25, 0.3) is 0 Å². The Morgan fingerprint density at radius 3 is 2.45 bits per heavy atom. The first-order chi connectivity index (χ1) is 4.93. The van der Waals surface area contributed by atoms with Gasteiger partial charge >= 0.3 is 0 Å². The Balaban J connectivity index is 2.34. The Morgan fingerprint density at radius 2 is 2.18 bits per heavy atom. The quantitative estimate of drug-likeness (QED) is 0.619. The molecule has 0 aromatic carbocycles. The third-order valence-electron chi connectivity index (χ3n) is 2.69. The molecule has 1 rings (SSSR count). The predicted octanol–water partition coefficient (Wildman–Crippen LogP) is 2.33. The third kappa shape index (κ3) is 2.06. The van der Waals surface area contributed by atoms with Gasteiger partial charge in [-0.05, 0) is 31.1 Å². The van der Waals surface area contributed by atoms with E-state index >= 15 is 0 Å². The van der Waals surface area contributed by atoms with Crippen molar-refractivity contribution in [2.75, 3.05) is 0 Å². The minimum atomic E-state index is 0.350. The van der Waals surface area contributed by atoms with Gasteiger partial charge in [0, 0.05) is 6.04 Å². The highest BCUT2D eigenvalue weighted by Gasteiger charge is 2.48. The molecular weight excluding hydrogens is 134 g/mol.